The van der Waals surface area contributed by atoms with Gasteiger partial charge in [-0.1, -0.05) is 19.3 Å². The highest BCUT2D eigenvalue weighted by Gasteiger charge is 2.19. The minimum Gasteiger partial charge on any atom is -0.469 e. The summed E-state index contributed by atoms with van der Waals surface area (Å²) in [6, 6.07) is 1.68. The van der Waals surface area contributed by atoms with Crippen molar-refractivity contribution in [3.8, 4) is 0 Å². The maximum atomic E-state index is 11.9. The molecule has 0 unspecified atom stereocenters. The molecule has 1 heterocycles. The predicted octanol–water partition coefficient (Wildman–Crippen LogP) is 3.86. The summed E-state index contributed by atoms with van der Waals surface area (Å²) in [5, 5.41) is 0. The lowest BCUT2D eigenvalue weighted by atomic mass is 9.98. The highest BCUT2D eigenvalue weighted by atomic mass is 16.5. The van der Waals surface area contributed by atoms with Gasteiger partial charge in [0.05, 0.1) is 6.26 Å². The molecular weight excluding hydrogens is 216 g/mol. The van der Waals surface area contributed by atoms with Crippen LogP contribution in [0.25, 0.3) is 0 Å². The second-order valence-corrected chi connectivity index (χ2v) is 4.76. The molecule has 17 heavy (non-hydrogen) atoms. The molecule has 1 saturated carbocycles. The number of esters is 1. The van der Waals surface area contributed by atoms with Crippen LogP contribution in [0.3, 0.4) is 0 Å². The molecule has 0 amide bonds. The van der Waals surface area contributed by atoms with Crippen LogP contribution in [0.5, 0.6) is 0 Å². The largest absolute Gasteiger partial charge is 0.469 e. The molecule has 0 aromatic carbocycles. The van der Waals surface area contributed by atoms with Gasteiger partial charge >= 0.3 is 5.97 Å². The van der Waals surface area contributed by atoms with Crippen LogP contribution < -0.4 is 0 Å². The Labute approximate surface area is 102 Å². The zero-order valence-corrected chi connectivity index (χ0v) is 10.4. The summed E-state index contributed by atoms with van der Waals surface area (Å²) in [5.74, 6) is 0.405. The number of hydrogen-bond acceptors (Lipinski definition) is 3. The smallest absolute Gasteiger partial charge is 0.341 e. The van der Waals surface area contributed by atoms with Crippen molar-refractivity contribution in [2.75, 3.05) is 0 Å². The third-order valence-electron chi connectivity index (χ3n) is 3.40. The fraction of sp³-hybridized carbons (Fsp3) is 0.643. The molecule has 3 nitrogen and oxygen atoms in total. The number of aryl methyl sites for hydroxylation is 1. The van der Waals surface area contributed by atoms with Gasteiger partial charge in [0.15, 0.2) is 0 Å². The average molecular weight is 236 g/mol. The zero-order chi connectivity index (χ0) is 12.1. The second-order valence-electron chi connectivity index (χ2n) is 4.76. The molecule has 0 spiro atoms. The third kappa shape index (κ3) is 3.35. The van der Waals surface area contributed by atoms with Crippen LogP contribution in [-0.2, 0) is 4.74 Å². The Morgan fingerprint density at radius 1 is 1.24 bits per heavy atom. The van der Waals surface area contributed by atoms with Crippen LogP contribution in [0.15, 0.2) is 16.7 Å². The van der Waals surface area contributed by atoms with Crippen LogP contribution in [0, 0.1) is 6.92 Å². The topological polar surface area (TPSA) is 39.4 Å². The van der Waals surface area contributed by atoms with Gasteiger partial charge in [-0.05, 0) is 38.7 Å². The molecule has 0 aliphatic heterocycles. The van der Waals surface area contributed by atoms with E-state index in [9.17, 15) is 4.79 Å². The maximum Gasteiger partial charge on any atom is 0.341 e. The normalized spacial score (nSPS) is 18.4. The Hall–Kier alpha value is -1.25. The number of ether oxygens (including phenoxy) is 1. The van der Waals surface area contributed by atoms with E-state index in [1.54, 1.807) is 13.0 Å². The molecule has 3 heteroatoms. The molecule has 0 saturated heterocycles. The number of rotatable bonds is 2. The van der Waals surface area contributed by atoms with Crippen molar-refractivity contribution in [2.24, 2.45) is 0 Å². The first-order chi connectivity index (χ1) is 8.27. The van der Waals surface area contributed by atoms with Gasteiger partial charge in [0.25, 0.3) is 0 Å². The number of hydrogen-bond donors (Lipinski definition) is 0. The van der Waals surface area contributed by atoms with Gasteiger partial charge in [-0.2, -0.15) is 0 Å². The molecule has 1 aliphatic carbocycles. The Bertz CT molecular complexity index is 359. The standard InChI is InChI=1S/C14H20O3/c1-11-13(9-10-16-11)14(15)17-12-7-5-3-2-4-6-8-12/h9-10,12H,2-8H2,1H3. The minimum absolute atomic E-state index is 0.0945. The lowest BCUT2D eigenvalue weighted by Gasteiger charge is -2.19. The summed E-state index contributed by atoms with van der Waals surface area (Å²) in [7, 11) is 0. The quantitative estimate of drug-likeness (QED) is 0.732. The highest BCUT2D eigenvalue weighted by Crippen LogP contribution is 2.21. The molecule has 2 rings (SSSR count). The summed E-state index contributed by atoms with van der Waals surface area (Å²) in [6.45, 7) is 1.79. The van der Waals surface area contributed by atoms with E-state index < -0.39 is 0 Å². The molecule has 94 valence electrons. The summed E-state index contributed by atoms with van der Waals surface area (Å²) in [6.07, 6.45) is 9.82. The van der Waals surface area contributed by atoms with Crippen LogP contribution in [0.4, 0.5) is 0 Å². The SMILES string of the molecule is Cc1occc1C(=O)OC1CCCCCCC1. The number of furan rings is 1. The average Bonchev–Trinajstić information content (AvgIpc) is 2.68. The Balaban J connectivity index is 1.91. The molecule has 0 bridgehead atoms. The highest BCUT2D eigenvalue weighted by molar-refractivity contribution is 5.90. The van der Waals surface area contributed by atoms with Crippen molar-refractivity contribution >= 4 is 5.97 Å². The van der Waals surface area contributed by atoms with E-state index in [-0.39, 0.29) is 12.1 Å². The van der Waals surface area contributed by atoms with E-state index in [4.69, 9.17) is 9.15 Å². The van der Waals surface area contributed by atoms with E-state index in [1.165, 1.54) is 38.4 Å². The van der Waals surface area contributed by atoms with Gasteiger partial charge in [0.2, 0.25) is 0 Å². The predicted molar refractivity (Wildman–Crippen MR) is 65.0 cm³/mol. The third-order valence-corrected chi connectivity index (χ3v) is 3.40. The number of carbonyl (C=O) groups is 1. The fourth-order valence-corrected chi connectivity index (χ4v) is 2.35. The van der Waals surface area contributed by atoms with Gasteiger partial charge in [-0.3, -0.25) is 0 Å². The van der Waals surface area contributed by atoms with E-state index in [1.807, 2.05) is 0 Å². The summed E-state index contributed by atoms with van der Waals surface area (Å²) < 4.78 is 10.7. The monoisotopic (exact) mass is 236 g/mol. The van der Waals surface area contributed by atoms with Crippen LogP contribution in [-0.4, -0.2) is 12.1 Å². The lowest BCUT2D eigenvalue weighted by molar-refractivity contribution is 0.0237. The van der Waals surface area contributed by atoms with Crippen LogP contribution >= 0.6 is 0 Å². The first kappa shape index (κ1) is 12.2. The van der Waals surface area contributed by atoms with Gasteiger partial charge < -0.3 is 9.15 Å². The van der Waals surface area contributed by atoms with Crippen molar-refractivity contribution in [1.82, 2.24) is 0 Å². The van der Waals surface area contributed by atoms with Crippen molar-refractivity contribution < 1.29 is 13.9 Å². The Morgan fingerprint density at radius 3 is 2.47 bits per heavy atom. The first-order valence-electron chi connectivity index (χ1n) is 6.52. The van der Waals surface area contributed by atoms with Gasteiger partial charge in [0, 0.05) is 0 Å². The molecule has 1 aliphatic rings. The lowest BCUT2D eigenvalue weighted by Crippen LogP contribution is -2.19. The summed E-state index contributed by atoms with van der Waals surface area (Å²) in [5.41, 5.74) is 0.562. The maximum absolute atomic E-state index is 11.9. The molecule has 1 aromatic rings. The van der Waals surface area contributed by atoms with Crippen molar-refractivity contribution in [3.63, 3.8) is 0 Å². The van der Waals surface area contributed by atoms with E-state index >= 15 is 0 Å². The molecule has 1 fully saturated rings. The first-order valence-corrected chi connectivity index (χ1v) is 6.52. The molecule has 0 atom stereocenters. The zero-order valence-electron chi connectivity index (χ0n) is 10.4. The Kier molecular flexibility index (Phi) is 4.24. The van der Waals surface area contributed by atoms with Gasteiger partial charge in [0.1, 0.15) is 17.4 Å². The molecule has 0 N–H and O–H groups in total. The summed E-state index contributed by atoms with van der Waals surface area (Å²) >= 11 is 0. The number of carbonyl (C=O) groups excluding carboxylic acids is 1. The van der Waals surface area contributed by atoms with Gasteiger partial charge in [-0.25, -0.2) is 4.79 Å². The van der Waals surface area contributed by atoms with E-state index in [2.05, 4.69) is 0 Å². The molecule has 1 aromatic heterocycles. The van der Waals surface area contributed by atoms with Gasteiger partial charge in [-0.15, -0.1) is 0 Å². The second kappa shape index (κ2) is 5.89. The molecule has 0 radical (unpaired) electrons. The van der Waals surface area contributed by atoms with Crippen molar-refractivity contribution in [2.45, 2.75) is 58.0 Å². The van der Waals surface area contributed by atoms with Crippen molar-refractivity contribution in [3.05, 3.63) is 23.7 Å². The minimum atomic E-state index is -0.234. The summed E-state index contributed by atoms with van der Waals surface area (Å²) in [4.78, 5) is 11.9. The van der Waals surface area contributed by atoms with Crippen LogP contribution in [0.1, 0.15) is 61.1 Å². The fourth-order valence-electron chi connectivity index (χ4n) is 2.35. The Morgan fingerprint density at radius 2 is 1.88 bits per heavy atom. The molecular formula is C14H20O3. The van der Waals surface area contributed by atoms with Crippen LogP contribution in [0.2, 0.25) is 0 Å². The van der Waals surface area contributed by atoms with Crippen molar-refractivity contribution in [1.29, 1.82) is 0 Å². The van der Waals surface area contributed by atoms with E-state index in [0.29, 0.717) is 11.3 Å². The van der Waals surface area contributed by atoms with E-state index in [0.717, 1.165) is 12.8 Å².